The third kappa shape index (κ3) is 6.49. The molecule has 0 saturated heterocycles. The van der Waals surface area contributed by atoms with Gasteiger partial charge in [0.2, 0.25) is 5.91 Å². The fourth-order valence-electron chi connectivity index (χ4n) is 2.02. The summed E-state index contributed by atoms with van der Waals surface area (Å²) in [6.45, 7) is 2.33. The van der Waals surface area contributed by atoms with Crippen LogP contribution in [-0.2, 0) is 9.53 Å². The Labute approximate surface area is 158 Å². The quantitative estimate of drug-likeness (QED) is 0.461. The zero-order valence-corrected chi connectivity index (χ0v) is 15.2. The molecule has 0 bridgehead atoms. The average Bonchev–Trinajstić information content (AvgIpc) is 2.65. The zero-order valence-electron chi connectivity index (χ0n) is 14.4. The van der Waals surface area contributed by atoms with Crippen LogP contribution in [0.4, 0.5) is 5.69 Å². The number of esters is 1. The lowest BCUT2D eigenvalue weighted by molar-refractivity contribution is -0.115. The standard InChI is InChI=1S/C20H20N2O3S/c1-2-14-25-19(24)16-9-11-17(12-10-16)21-20(26)22-18(23)13-8-15-6-4-3-5-7-15/h3-13H,2,14H2,1H3,(H2,21,22,23,26). The molecule has 0 aliphatic rings. The second-order valence-corrected chi connectivity index (χ2v) is 5.81. The fourth-order valence-corrected chi connectivity index (χ4v) is 2.24. The van der Waals surface area contributed by atoms with E-state index < -0.39 is 0 Å². The highest BCUT2D eigenvalue weighted by molar-refractivity contribution is 7.80. The largest absolute Gasteiger partial charge is 0.462 e. The first-order valence-corrected chi connectivity index (χ1v) is 8.61. The molecular weight excluding hydrogens is 348 g/mol. The van der Waals surface area contributed by atoms with Crippen molar-refractivity contribution in [1.82, 2.24) is 5.32 Å². The predicted molar refractivity (Wildman–Crippen MR) is 107 cm³/mol. The van der Waals surface area contributed by atoms with Gasteiger partial charge in [0.1, 0.15) is 0 Å². The number of carbonyl (C=O) groups excluding carboxylic acids is 2. The van der Waals surface area contributed by atoms with Gasteiger partial charge in [0, 0.05) is 11.8 Å². The van der Waals surface area contributed by atoms with Crippen LogP contribution in [-0.4, -0.2) is 23.6 Å². The van der Waals surface area contributed by atoms with Crippen molar-refractivity contribution < 1.29 is 14.3 Å². The van der Waals surface area contributed by atoms with Crippen molar-refractivity contribution in [3.63, 3.8) is 0 Å². The molecule has 0 fully saturated rings. The number of carbonyl (C=O) groups is 2. The van der Waals surface area contributed by atoms with E-state index in [-0.39, 0.29) is 17.0 Å². The van der Waals surface area contributed by atoms with Crippen molar-refractivity contribution in [2.45, 2.75) is 13.3 Å². The molecule has 2 aromatic rings. The van der Waals surface area contributed by atoms with Gasteiger partial charge in [-0.05, 0) is 54.5 Å². The van der Waals surface area contributed by atoms with E-state index in [0.717, 1.165) is 12.0 Å². The van der Waals surface area contributed by atoms with Crippen molar-refractivity contribution in [3.05, 3.63) is 71.8 Å². The first-order chi connectivity index (χ1) is 12.6. The minimum atomic E-state index is -0.361. The number of rotatable bonds is 6. The summed E-state index contributed by atoms with van der Waals surface area (Å²) in [6, 6.07) is 16.2. The number of anilines is 1. The molecule has 6 heteroatoms. The molecule has 2 rings (SSSR count). The monoisotopic (exact) mass is 368 g/mol. The van der Waals surface area contributed by atoms with Gasteiger partial charge in [-0.3, -0.25) is 10.1 Å². The van der Waals surface area contributed by atoms with E-state index in [9.17, 15) is 9.59 Å². The van der Waals surface area contributed by atoms with Crippen molar-refractivity contribution in [2.75, 3.05) is 11.9 Å². The lowest BCUT2D eigenvalue weighted by atomic mass is 10.2. The van der Waals surface area contributed by atoms with Gasteiger partial charge in [-0.25, -0.2) is 4.79 Å². The van der Waals surface area contributed by atoms with Gasteiger partial charge in [0.25, 0.3) is 0 Å². The van der Waals surface area contributed by atoms with Crippen molar-refractivity contribution in [2.24, 2.45) is 0 Å². The summed E-state index contributed by atoms with van der Waals surface area (Å²) >= 11 is 5.12. The molecule has 26 heavy (non-hydrogen) atoms. The predicted octanol–water partition coefficient (Wildman–Crippen LogP) is 3.78. The van der Waals surface area contributed by atoms with Crippen LogP contribution >= 0.6 is 12.2 Å². The molecule has 0 aliphatic heterocycles. The third-order valence-corrected chi connectivity index (χ3v) is 3.48. The molecule has 134 valence electrons. The van der Waals surface area contributed by atoms with Gasteiger partial charge in [0.15, 0.2) is 5.11 Å². The summed E-state index contributed by atoms with van der Waals surface area (Å²) in [5.41, 5.74) is 2.05. The molecule has 2 N–H and O–H groups in total. The summed E-state index contributed by atoms with van der Waals surface area (Å²) in [6.07, 6.45) is 3.89. The van der Waals surface area contributed by atoms with Gasteiger partial charge in [-0.2, -0.15) is 0 Å². The summed E-state index contributed by atoms with van der Waals surface area (Å²) in [5.74, 6) is -0.688. The van der Waals surface area contributed by atoms with Gasteiger partial charge in [0.05, 0.1) is 12.2 Å². The molecular formula is C20H20N2O3S. The third-order valence-electron chi connectivity index (χ3n) is 3.28. The summed E-state index contributed by atoms with van der Waals surface area (Å²) < 4.78 is 5.06. The van der Waals surface area contributed by atoms with Crippen LogP contribution in [0.15, 0.2) is 60.7 Å². The van der Waals surface area contributed by atoms with Gasteiger partial charge in [-0.15, -0.1) is 0 Å². The number of ether oxygens (including phenoxy) is 1. The Morgan fingerprint density at radius 1 is 1.08 bits per heavy atom. The Morgan fingerprint density at radius 3 is 2.42 bits per heavy atom. The minimum absolute atomic E-state index is 0.175. The lowest BCUT2D eigenvalue weighted by Crippen LogP contribution is -2.32. The molecule has 0 unspecified atom stereocenters. The van der Waals surface area contributed by atoms with Crippen LogP contribution in [0.2, 0.25) is 0 Å². The molecule has 0 heterocycles. The van der Waals surface area contributed by atoms with Crippen LogP contribution in [0, 0.1) is 0 Å². The lowest BCUT2D eigenvalue weighted by Gasteiger charge is -2.09. The molecule has 0 radical (unpaired) electrons. The Kier molecular flexibility index (Phi) is 7.51. The summed E-state index contributed by atoms with van der Waals surface area (Å²) in [7, 11) is 0. The maximum Gasteiger partial charge on any atom is 0.338 e. The highest BCUT2D eigenvalue weighted by Gasteiger charge is 2.07. The van der Waals surface area contributed by atoms with Crippen molar-refractivity contribution in [3.8, 4) is 0 Å². The van der Waals surface area contributed by atoms with Crippen molar-refractivity contribution >= 4 is 41.0 Å². The first-order valence-electron chi connectivity index (χ1n) is 8.21. The molecule has 0 aliphatic carbocycles. The Hall–Kier alpha value is -2.99. The normalized spacial score (nSPS) is 10.3. The van der Waals surface area contributed by atoms with Gasteiger partial charge < -0.3 is 10.1 Å². The number of hydrogen-bond donors (Lipinski definition) is 2. The molecule has 0 atom stereocenters. The number of benzene rings is 2. The average molecular weight is 368 g/mol. The van der Waals surface area contributed by atoms with Gasteiger partial charge >= 0.3 is 5.97 Å². The fraction of sp³-hybridized carbons (Fsp3) is 0.150. The molecule has 1 amide bonds. The van der Waals surface area contributed by atoms with Crippen LogP contribution < -0.4 is 10.6 Å². The van der Waals surface area contributed by atoms with E-state index in [1.165, 1.54) is 6.08 Å². The molecule has 5 nitrogen and oxygen atoms in total. The first kappa shape index (κ1) is 19.3. The number of hydrogen-bond acceptors (Lipinski definition) is 4. The van der Waals surface area contributed by atoms with E-state index >= 15 is 0 Å². The molecule has 2 aromatic carbocycles. The summed E-state index contributed by atoms with van der Waals surface area (Å²) in [5, 5.41) is 5.64. The second kappa shape index (κ2) is 10.1. The van der Waals surface area contributed by atoms with Crippen molar-refractivity contribution in [1.29, 1.82) is 0 Å². The van der Waals surface area contributed by atoms with E-state index in [2.05, 4.69) is 10.6 Å². The van der Waals surface area contributed by atoms with Crippen LogP contribution in [0.3, 0.4) is 0 Å². The molecule has 0 spiro atoms. The maximum absolute atomic E-state index is 11.9. The topological polar surface area (TPSA) is 67.4 Å². The molecule has 0 saturated carbocycles. The highest BCUT2D eigenvalue weighted by Crippen LogP contribution is 2.10. The van der Waals surface area contributed by atoms with E-state index in [0.29, 0.717) is 17.9 Å². The van der Waals surface area contributed by atoms with Crippen LogP contribution in [0.1, 0.15) is 29.3 Å². The maximum atomic E-state index is 11.9. The Balaban J connectivity index is 1.84. The van der Waals surface area contributed by atoms with Crippen LogP contribution in [0.5, 0.6) is 0 Å². The number of amides is 1. The second-order valence-electron chi connectivity index (χ2n) is 5.40. The molecule has 0 aromatic heterocycles. The zero-order chi connectivity index (χ0) is 18.8. The summed E-state index contributed by atoms with van der Waals surface area (Å²) in [4.78, 5) is 23.6. The number of nitrogens with one attached hydrogen (secondary N) is 2. The van der Waals surface area contributed by atoms with E-state index in [1.54, 1.807) is 30.3 Å². The Bertz CT molecular complexity index is 786. The van der Waals surface area contributed by atoms with Crippen LogP contribution in [0.25, 0.3) is 6.08 Å². The Morgan fingerprint density at radius 2 is 1.77 bits per heavy atom. The SMILES string of the molecule is CCCOC(=O)c1ccc(NC(=S)NC(=O)C=Cc2ccccc2)cc1. The van der Waals surface area contributed by atoms with Gasteiger partial charge in [-0.1, -0.05) is 37.3 Å². The highest BCUT2D eigenvalue weighted by atomic mass is 32.1. The van der Waals surface area contributed by atoms with E-state index in [4.69, 9.17) is 17.0 Å². The van der Waals surface area contributed by atoms with E-state index in [1.807, 2.05) is 37.3 Å². The minimum Gasteiger partial charge on any atom is -0.462 e. The number of thiocarbonyl (C=S) groups is 1. The smallest absolute Gasteiger partial charge is 0.338 e.